The van der Waals surface area contributed by atoms with Gasteiger partial charge in [0.15, 0.2) is 6.10 Å². The fraction of sp³-hybridized carbons (Fsp3) is 0.695. The van der Waals surface area contributed by atoms with Gasteiger partial charge in [0, 0.05) is 57.0 Å². The Morgan fingerprint density at radius 1 is 0.846 bits per heavy atom. The molecule has 1 aliphatic rings. The number of carbonyl (C=O) groups is 8. The van der Waals surface area contributed by atoms with Crippen molar-refractivity contribution in [3.8, 4) is 0 Å². The maximum absolute atomic E-state index is 14.4. The van der Waals surface area contributed by atoms with Crippen molar-refractivity contribution in [3.05, 3.63) is 58.1 Å². The van der Waals surface area contributed by atoms with Crippen LogP contribution >= 0.6 is 11.6 Å². The molecule has 78 heavy (non-hydrogen) atoms. The smallest absolute Gasteiger partial charge is 0.409 e. The molecule has 440 valence electrons. The molecule has 4 N–H and O–H groups in total. The lowest BCUT2D eigenvalue weighted by molar-refractivity contribution is -0.155. The Balaban J connectivity index is 2.59. The minimum absolute atomic E-state index is 0.0122. The van der Waals surface area contributed by atoms with Crippen LogP contribution in [0.15, 0.2) is 47.6 Å². The monoisotopic (exact) mass is 1110 g/mol. The molecule has 6 amide bonds. The van der Waals surface area contributed by atoms with Gasteiger partial charge in [-0.15, -0.1) is 0 Å². The molecule has 19 heteroatoms. The van der Waals surface area contributed by atoms with E-state index >= 15 is 0 Å². The van der Waals surface area contributed by atoms with Crippen molar-refractivity contribution in [1.29, 1.82) is 0 Å². The van der Waals surface area contributed by atoms with Gasteiger partial charge < -0.3 is 50.2 Å². The summed E-state index contributed by atoms with van der Waals surface area (Å²) in [5, 5.41) is 11.8. The molecular weight excluding hydrogens is 1020 g/mol. The predicted octanol–water partition coefficient (Wildman–Crippen LogP) is 8.09. The van der Waals surface area contributed by atoms with Crippen LogP contribution in [0.2, 0.25) is 5.02 Å². The Morgan fingerprint density at radius 3 is 1.99 bits per heavy atom. The molecule has 1 aromatic rings. The zero-order valence-electron chi connectivity index (χ0n) is 49.5. The Hall–Kier alpha value is -5.49. The Kier molecular flexibility index (Phi) is 31.6. The van der Waals surface area contributed by atoms with Gasteiger partial charge >= 0.3 is 18.0 Å². The molecule has 0 spiro atoms. The van der Waals surface area contributed by atoms with E-state index in [1.165, 1.54) is 83.2 Å². The van der Waals surface area contributed by atoms with Crippen LogP contribution in [0, 0.1) is 17.8 Å². The molecule has 9 atom stereocenters. The summed E-state index contributed by atoms with van der Waals surface area (Å²) >= 11 is 6.17. The van der Waals surface area contributed by atoms with Crippen LogP contribution in [0.25, 0.3) is 0 Å². The number of likely N-dealkylation sites (N-methyl/N-ethyl adjacent to an activating group) is 2. The van der Waals surface area contributed by atoms with Crippen molar-refractivity contribution in [2.45, 2.75) is 202 Å². The van der Waals surface area contributed by atoms with E-state index in [2.05, 4.69) is 21.3 Å². The van der Waals surface area contributed by atoms with Crippen molar-refractivity contribution in [1.82, 2.24) is 36.0 Å². The van der Waals surface area contributed by atoms with Gasteiger partial charge in [-0.05, 0) is 103 Å². The summed E-state index contributed by atoms with van der Waals surface area (Å²) in [5.41, 5.74) is 1.40. The van der Waals surface area contributed by atoms with E-state index in [1.54, 1.807) is 71.2 Å². The van der Waals surface area contributed by atoms with Gasteiger partial charge in [0.05, 0.1) is 6.54 Å². The minimum atomic E-state index is -1.32. The number of nitrogens with zero attached hydrogens (tertiary/aromatic N) is 3. The standard InChI is InChI=1S/C59H96ClN7O11/c1-15-39(5)51-54(70)63-44(10)58(74)78-52(40(6)16-2)42(8)48(77-59(75)65(12)34-26-24-22-20-18-17-19-21-23-25-33-61-11)32-27-41(7)57(73)76-49(35-38(3)4)53(69)62-43(9)55(71)67(14)47(36-45-28-30-46(60)31-29-45)56(72)66(13)37-50(68)64-51/h16,27-31,38-39,42-44,47-49,51-52,61H,15,17-26,32-37H2,1-14H3,(H,62,69)(H,63,70)(H,64,68)/b40-16+,41-27+/t39-,42+,43+,44-,47-,48-,49-,51+,52-/m1/s1. The van der Waals surface area contributed by atoms with Gasteiger partial charge in [-0.1, -0.05) is 128 Å². The lowest BCUT2D eigenvalue weighted by Gasteiger charge is -2.33. The normalized spacial score (nSPS) is 24.6. The van der Waals surface area contributed by atoms with Crippen LogP contribution in [0.1, 0.15) is 158 Å². The van der Waals surface area contributed by atoms with Gasteiger partial charge in [-0.25, -0.2) is 14.4 Å². The van der Waals surface area contributed by atoms with Crippen molar-refractivity contribution in [2.24, 2.45) is 17.8 Å². The molecule has 2 rings (SSSR count). The Bertz CT molecular complexity index is 2150. The van der Waals surface area contributed by atoms with Gasteiger partial charge in [-0.3, -0.25) is 24.0 Å². The first-order valence-electron chi connectivity index (χ1n) is 28.3. The zero-order valence-corrected chi connectivity index (χ0v) is 50.2. The van der Waals surface area contributed by atoms with E-state index in [0.29, 0.717) is 29.1 Å². The first kappa shape index (κ1) is 68.6. The lowest BCUT2D eigenvalue weighted by atomic mass is 9.90. The average Bonchev–Trinajstić information content (AvgIpc) is 3.40. The molecule has 0 saturated heterocycles. The summed E-state index contributed by atoms with van der Waals surface area (Å²) in [6.07, 6.45) is 11.3. The molecule has 0 fully saturated rings. The highest BCUT2D eigenvalue weighted by molar-refractivity contribution is 6.30. The SMILES string of the molecule is C/C=C(\C)[C@H]1OC(=O)[C@@H](C)NC(=O)[C@H]([C@H](C)CC)NC(=O)CN(C)C(=O)[C@@H](Cc2ccc(Cl)cc2)N(C)C(=O)[C@H](C)NC(=O)[C@@H](CC(C)C)OC(=O)/C(C)=C/C[C@@H](OC(=O)N(C)CCCCCCCCCCCCNC)[C@@H]1C. The number of carbonyl (C=O) groups excluding carboxylic acids is 8. The number of unbranched alkanes of at least 4 members (excludes halogenated alkanes) is 9. The molecule has 0 unspecified atom stereocenters. The number of benzene rings is 1. The average molecular weight is 1110 g/mol. The number of allylic oxidation sites excluding steroid dienone is 1. The van der Waals surface area contributed by atoms with Crippen LogP contribution in [0.5, 0.6) is 0 Å². The second kappa shape index (κ2) is 35.9. The number of ether oxygens (including phenoxy) is 3. The molecule has 0 radical (unpaired) electrons. The molecule has 0 aliphatic carbocycles. The highest BCUT2D eigenvalue weighted by Gasteiger charge is 2.38. The largest absolute Gasteiger partial charge is 0.456 e. The van der Waals surface area contributed by atoms with Gasteiger partial charge in [0.1, 0.15) is 36.4 Å². The number of nitrogens with one attached hydrogen (secondary N) is 4. The first-order chi connectivity index (χ1) is 36.9. The maximum atomic E-state index is 14.4. The second-order valence-electron chi connectivity index (χ2n) is 21.8. The third kappa shape index (κ3) is 23.9. The highest BCUT2D eigenvalue weighted by Crippen LogP contribution is 2.27. The molecular formula is C59H96ClN7O11. The van der Waals surface area contributed by atoms with E-state index < -0.39 is 108 Å². The number of hydrogen-bond donors (Lipinski definition) is 4. The highest BCUT2D eigenvalue weighted by atomic mass is 35.5. The molecule has 1 aliphatic heterocycles. The summed E-state index contributed by atoms with van der Waals surface area (Å²) < 4.78 is 18.2. The van der Waals surface area contributed by atoms with Crippen LogP contribution in [0.4, 0.5) is 4.79 Å². The number of hydrogen-bond acceptors (Lipinski definition) is 12. The summed E-state index contributed by atoms with van der Waals surface area (Å²) in [4.78, 5) is 116. The quantitative estimate of drug-likeness (QED) is 0.0397. The molecule has 0 saturated carbocycles. The summed E-state index contributed by atoms with van der Waals surface area (Å²) in [5.74, 6) is -6.16. The van der Waals surface area contributed by atoms with E-state index in [-0.39, 0.29) is 30.8 Å². The number of amides is 6. The predicted molar refractivity (Wildman–Crippen MR) is 305 cm³/mol. The fourth-order valence-electron chi connectivity index (χ4n) is 9.07. The summed E-state index contributed by atoms with van der Waals surface area (Å²) in [7, 11) is 6.47. The summed E-state index contributed by atoms with van der Waals surface area (Å²) in [6, 6.07) is 2.01. The Labute approximate surface area is 471 Å². The second-order valence-corrected chi connectivity index (χ2v) is 22.2. The molecule has 1 heterocycles. The van der Waals surface area contributed by atoms with Crippen LogP contribution in [-0.4, -0.2) is 153 Å². The number of cyclic esters (lactones) is 2. The third-order valence-corrected chi connectivity index (χ3v) is 14.9. The summed E-state index contributed by atoms with van der Waals surface area (Å²) in [6.45, 7) is 18.1. The van der Waals surface area contributed by atoms with E-state index in [1.807, 2.05) is 27.8 Å². The van der Waals surface area contributed by atoms with Crippen LogP contribution < -0.4 is 21.3 Å². The molecule has 18 nitrogen and oxygen atoms in total. The maximum Gasteiger partial charge on any atom is 0.409 e. The lowest BCUT2D eigenvalue weighted by Crippen LogP contribution is -2.57. The van der Waals surface area contributed by atoms with Crippen molar-refractivity contribution < 1.29 is 52.6 Å². The van der Waals surface area contributed by atoms with E-state index in [4.69, 9.17) is 25.8 Å². The van der Waals surface area contributed by atoms with Crippen molar-refractivity contribution in [2.75, 3.05) is 47.8 Å². The van der Waals surface area contributed by atoms with Crippen molar-refractivity contribution >= 4 is 59.2 Å². The number of esters is 2. The van der Waals surface area contributed by atoms with Crippen LogP contribution in [-0.2, 0) is 54.2 Å². The number of rotatable bonds is 21. The number of halogens is 1. The van der Waals surface area contributed by atoms with Gasteiger partial charge in [0.2, 0.25) is 23.6 Å². The fourth-order valence-corrected chi connectivity index (χ4v) is 9.20. The molecule has 0 aromatic heterocycles. The first-order valence-corrected chi connectivity index (χ1v) is 28.7. The van der Waals surface area contributed by atoms with Gasteiger partial charge in [-0.2, -0.15) is 0 Å². The topological polar surface area (TPSA) is 222 Å². The molecule has 0 bridgehead atoms. The van der Waals surface area contributed by atoms with E-state index in [0.717, 1.165) is 37.1 Å². The molecule has 1 aromatic carbocycles. The zero-order chi connectivity index (χ0) is 58.6. The third-order valence-electron chi connectivity index (χ3n) is 14.6. The van der Waals surface area contributed by atoms with Crippen LogP contribution in [0.3, 0.4) is 0 Å². The Morgan fingerprint density at radius 2 is 1.42 bits per heavy atom. The van der Waals surface area contributed by atoms with Crippen molar-refractivity contribution in [3.63, 3.8) is 0 Å². The minimum Gasteiger partial charge on any atom is -0.456 e. The van der Waals surface area contributed by atoms with E-state index in [9.17, 15) is 38.4 Å². The van der Waals surface area contributed by atoms with Gasteiger partial charge in [0.25, 0.3) is 5.91 Å².